The molecule has 4 nitrogen and oxygen atoms in total. The Balaban J connectivity index is 1.46. The average molecular weight is 555 g/mol. The van der Waals surface area contributed by atoms with Crippen molar-refractivity contribution in [1.29, 1.82) is 0 Å². The smallest absolute Gasteiger partial charge is 0.238 e. The van der Waals surface area contributed by atoms with Crippen LogP contribution in [0, 0.1) is 0 Å². The second-order valence-corrected chi connectivity index (χ2v) is 11.5. The van der Waals surface area contributed by atoms with E-state index in [0.29, 0.717) is 17.6 Å². The number of hydrogen-bond acceptors (Lipinski definition) is 4. The molecule has 196 valence electrons. The second kappa shape index (κ2) is 9.06. The van der Waals surface area contributed by atoms with Gasteiger partial charge in [-0.05, 0) is 29.0 Å². The molecule has 9 rings (SSSR count). The van der Waals surface area contributed by atoms with Crippen LogP contribution >= 0.6 is 11.3 Å². The Hall–Kier alpha value is -5.39. The fourth-order valence-electron chi connectivity index (χ4n) is 6.16. The van der Waals surface area contributed by atoms with E-state index in [1.807, 2.05) is 72.0 Å². The van der Waals surface area contributed by atoms with Gasteiger partial charge in [-0.1, -0.05) is 115 Å². The minimum Gasteiger partial charge on any atom is -0.278 e. The first kappa shape index (κ1) is 23.3. The predicted octanol–water partition coefficient (Wildman–Crippen LogP) is 9.82. The third-order valence-electron chi connectivity index (χ3n) is 8.05. The van der Waals surface area contributed by atoms with Crippen molar-refractivity contribution < 1.29 is 0 Å². The van der Waals surface area contributed by atoms with Crippen molar-refractivity contribution in [3.63, 3.8) is 0 Å². The summed E-state index contributed by atoms with van der Waals surface area (Å²) in [7, 11) is 0. The minimum absolute atomic E-state index is 0.610. The van der Waals surface area contributed by atoms with Crippen LogP contribution in [0.5, 0.6) is 0 Å². The van der Waals surface area contributed by atoms with Crippen molar-refractivity contribution in [1.82, 2.24) is 19.5 Å². The van der Waals surface area contributed by atoms with Crippen LogP contribution in [-0.2, 0) is 0 Å². The molecule has 9 aromatic rings. The Bertz CT molecular complexity index is 2400. The topological polar surface area (TPSA) is 43.6 Å². The van der Waals surface area contributed by atoms with Crippen molar-refractivity contribution in [2.24, 2.45) is 0 Å². The van der Waals surface area contributed by atoms with Crippen molar-refractivity contribution in [2.75, 3.05) is 0 Å². The zero-order valence-corrected chi connectivity index (χ0v) is 23.2. The summed E-state index contributed by atoms with van der Waals surface area (Å²) in [5.74, 6) is 1.91. The molecule has 3 aromatic heterocycles. The number of aromatic nitrogens is 4. The first-order chi connectivity index (χ1) is 20.8. The summed E-state index contributed by atoms with van der Waals surface area (Å²) in [5, 5.41) is 7.47. The molecule has 0 aliphatic carbocycles. The second-order valence-electron chi connectivity index (χ2n) is 10.5. The van der Waals surface area contributed by atoms with Gasteiger partial charge < -0.3 is 0 Å². The quantitative estimate of drug-likeness (QED) is 0.218. The summed E-state index contributed by atoms with van der Waals surface area (Å²) in [4.78, 5) is 15.2. The lowest BCUT2D eigenvalue weighted by atomic mass is 10.0. The summed E-state index contributed by atoms with van der Waals surface area (Å²) in [6.07, 6.45) is 0. The molecule has 3 heterocycles. The molecule has 0 aliphatic heterocycles. The van der Waals surface area contributed by atoms with Gasteiger partial charge in [0.1, 0.15) is 0 Å². The lowest BCUT2D eigenvalue weighted by Gasteiger charge is -2.11. The summed E-state index contributed by atoms with van der Waals surface area (Å²) in [6.45, 7) is 0. The van der Waals surface area contributed by atoms with E-state index in [1.54, 1.807) is 0 Å². The maximum absolute atomic E-state index is 5.12. The van der Waals surface area contributed by atoms with Gasteiger partial charge in [0.25, 0.3) is 0 Å². The fourth-order valence-corrected chi connectivity index (χ4v) is 7.41. The van der Waals surface area contributed by atoms with E-state index in [9.17, 15) is 0 Å². The van der Waals surface area contributed by atoms with Crippen molar-refractivity contribution in [3.8, 4) is 28.7 Å². The lowest BCUT2D eigenvalue weighted by Crippen LogP contribution is -2.06. The molecule has 0 spiro atoms. The van der Waals surface area contributed by atoms with Crippen LogP contribution < -0.4 is 0 Å². The highest BCUT2D eigenvalue weighted by atomic mass is 32.1. The Morgan fingerprint density at radius 2 is 1.05 bits per heavy atom. The highest BCUT2D eigenvalue weighted by Crippen LogP contribution is 2.45. The molecule has 42 heavy (non-hydrogen) atoms. The van der Waals surface area contributed by atoms with Crippen LogP contribution in [-0.4, -0.2) is 19.5 Å². The van der Waals surface area contributed by atoms with Crippen molar-refractivity contribution in [2.45, 2.75) is 0 Å². The maximum atomic E-state index is 5.12. The summed E-state index contributed by atoms with van der Waals surface area (Å²) in [6, 6.07) is 46.5. The van der Waals surface area contributed by atoms with Gasteiger partial charge in [-0.15, -0.1) is 11.3 Å². The van der Waals surface area contributed by atoms with Gasteiger partial charge in [-0.25, -0.2) is 4.98 Å². The van der Waals surface area contributed by atoms with E-state index in [4.69, 9.17) is 15.0 Å². The molecule has 0 radical (unpaired) electrons. The number of hydrogen-bond donors (Lipinski definition) is 0. The molecule has 0 fully saturated rings. The molecule has 0 N–H and O–H groups in total. The zero-order chi connectivity index (χ0) is 27.6. The van der Waals surface area contributed by atoms with Gasteiger partial charge >= 0.3 is 0 Å². The van der Waals surface area contributed by atoms with Crippen LogP contribution in [0.1, 0.15) is 0 Å². The van der Waals surface area contributed by atoms with E-state index in [0.717, 1.165) is 22.2 Å². The Kier molecular flexibility index (Phi) is 5.03. The van der Waals surface area contributed by atoms with E-state index in [1.165, 1.54) is 41.7 Å². The Morgan fingerprint density at radius 1 is 0.452 bits per heavy atom. The lowest BCUT2D eigenvalue weighted by molar-refractivity contribution is 0.954. The van der Waals surface area contributed by atoms with Crippen LogP contribution in [0.25, 0.3) is 81.5 Å². The highest BCUT2D eigenvalue weighted by Gasteiger charge is 2.22. The monoisotopic (exact) mass is 554 g/mol. The molecule has 0 bridgehead atoms. The molecule has 0 saturated carbocycles. The average Bonchev–Trinajstić information content (AvgIpc) is 3.61. The normalized spacial score (nSPS) is 11.8. The van der Waals surface area contributed by atoms with Gasteiger partial charge in [0.05, 0.1) is 11.0 Å². The van der Waals surface area contributed by atoms with Crippen molar-refractivity contribution >= 4 is 64.1 Å². The van der Waals surface area contributed by atoms with Gasteiger partial charge in [0.2, 0.25) is 5.95 Å². The highest BCUT2D eigenvalue weighted by molar-refractivity contribution is 7.26. The third-order valence-corrected chi connectivity index (χ3v) is 9.26. The van der Waals surface area contributed by atoms with Crippen LogP contribution in [0.2, 0.25) is 0 Å². The van der Waals surface area contributed by atoms with Gasteiger partial charge in [-0.2, -0.15) is 9.97 Å². The van der Waals surface area contributed by atoms with Gasteiger partial charge in [-0.3, -0.25) is 4.57 Å². The molecule has 5 heteroatoms. The first-order valence-corrected chi connectivity index (χ1v) is 14.8. The summed E-state index contributed by atoms with van der Waals surface area (Å²) in [5.41, 5.74) is 4.08. The summed E-state index contributed by atoms with van der Waals surface area (Å²) < 4.78 is 4.80. The van der Waals surface area contributed by atoms with Crippen molar-refractivity contribution in [3.05, 3.63) is 133 Å². The number of rotatable bonds is 3. The molecule has 0 amide bonds. The van der Waals surface area contributed by atoms with Gasteiger partial charge in [0, 0.05) is 42.1 Å². The molecule has 0 aliphatic rings. The third kappa shape index (κ3) is 3.44. The molecular formula is C37H22N4S. The van der Waals surface area contributed by atoms with Crippen LogP contribution in [0.15, 0.2) is 133 Å². The predicted molar refractivity (Wildman–Crippen MR) is 175 cm³/mol. The number of fused-ring (bicyclic) bond motifs is 9. The molecular weight excluding hydrogens is 533 g/mol. The molecule has 0 saturated heterocycles. The maximum Gasteiger partial charge on any atom is 0.238 e. The molecule has 6 aromatic carbocycles. The largest absolute Gasteiger partial charge is 0.278 e. The van der Waals surface area contributed by atoms with E-state index >= 15 is 0 Å². The van der Waals surface area contributed by atoms with E-state index < -0.39 is 0 Å². The number of thiophene rings is 1. The minimum atomic E-state index is 0.610. The van der Waals surface area contributed by atoms with E-state index in [-0.39, 0.29) is 0 Å². The Labute approximate surface area is 245 Å². The number of nitrogens with zero attached hydrogens (tertiary/aromatic N) is 4. The van der Waals surface area contributed by atoms with Gasteiger partial charge in [0.15, 0.2) is 11.6 Å². The van der Waals surface area contributed by atoms with Crippen LogP contribution in [0.4, 0.5) is 0 Å². The fraction of sp³-hybridized carbons (Fsp3) is 0. The number of benzene rings is 6. The SMILES string of the molecule is c1ccc(-c2nc(-c3ccccc3)nc(-n3c4ccc5ccccc5c4c4c5sc6ccccc6c5ccc43)n2)cc1. The van der Waals surface area contributed by atoms with E-state index in [2.05, 4.69) is 77.4 Å². The first-order valence-electron chi connectivity index (χ1n) is 14.0. The van der Waals surface area contributed by atoms with Crippen LogP contribution in [0.3, 0.4) is 0 Å². The standard InChI is InChI=1S/C37H22N4S/c1-3-12-24(13-4-1)35-38-36(25-14-5-2-6-15-25)40-37(39-35)41-29-21-19-23-11-7-8-16-26(23)32(29)33-30(41)22-20-28-27-17-9-10-18-31(27)42-34(28)33/h1-22H. The Morgan fingerprint density at radius 3 is 1.79 bits per heavy atom. The molecule has 0 atom stereocenters. The zero-order valence-electron chi connectivity index (χ0n) is 22.4. The molecule has 0 unspecified atom stereocenters. The summed E-state index contributed by atoms with van der Waals surface area (Å²) >= 11 is 1.86.